The predicted molar refractivity (Wildman–Crippen MR) is 84.1 cm³/mol. The van der Waals surface area contributed by atoms with Crippen molar-refractivity contribution in [3.63, 3.8) is 0 Å². The summed E-state index contributed by atoms with van der Waals surface area (Å²) in [7, 11) is 0. The molecule has 0 spiro atoms. The van der Waals surface area contributed by atoms with E-state index in [1.165, 1.54) is 0 Å². The van der Waals surface area contributed by atoms with Crippen molar-refractivity contribution in [3.05, 3.63) is 65.0 Å². The number of pyridine rings is 1. The number of carbonyl (C=O) groups is 2. The lowest BCUT2D eigenvalue weighted by molar-refractivity contribution is -0.121. The summed E-state index contributed by atoms with van der Waals surface area (Å²) in [6.07, 6.45) is 0.0420. The molecule has 0 fully saturated rings. The van der Waals surface area contributed by atoms with E-state index in [9.17, 15) is 18.4 Å². The molecule has 0 aliphatic rings. The lowest BCUT2D eigenvalue weighted by Gasteiger charge is -2.07. The van der Waals surface area contributed by atoms with E-state index in [2.05, 4.69) is 15.6 Å². The molecule has 24 heavy (non-hydrogen) atoms. The third kappa shape index (κ3) is 5.12. The fraction of sp³-hybridized carbons (Fsp3) is 0.235. The van der Waals surface area contributed by atoms with Gasteiger partial charge in [0.2, 0.25) is 5.91 Å². The summed E-state index contributed by atoms with van der Waals surface area (Å²) in [5, 5.41) is 5.10. The first-order chi connectivity index (χ1) is 11.5. The highest BCUT2D eigenvalue weighted by molar-refractivity contribution is 5.94. The number of nitrogens with one attached hydrogen (secondary N) is 2. The van der Waals surface area contributed by atoms with Crippen LogP contribution in [0.5, 0.6) is 0 Å². The highest BCUT2D eigenvalue weighted by Crippen LogP contribution is 2.09. The molecule has 7 heteroatoms. The molecule has 0 aliphatic carbocycles. The van der Waals surface area contributed by atoms with E-state index < -0.39 is 17.5 Å². The number of carbonyl (C=O) groups excluding carboxylic acids is 2. The van der Waals surface area contributed by atoms with Crippen LogP contribution >= 0.6 is 0 Å². The number of aromatic nitrogens is 1. The number of hydrogen-bond acceptors (Lipinski definition) is 3. The molecule has 0 saturated carbocycles. The fourth-order valence-corrected chi connectivity index (χ4v) is 2.03. The number of benzene rings is 1. The zero-order chi connectivity index (χ0) is 17.5. The van der Waals surface area contributed by atoms with E-state index in [0.717, 1.165) is 23.5 Å². The van der Waals surface area contributed by atoms with Gasteiger partial charge in [-0.15, -0.1) is 0 Å². The summed E-state index contributed by atoms with van der Waals surface area (Å²) in [5.74, 6) is -2.66. The summed E-state index contributed by atoms with van der Waals surface area (Å²) >= 11 is 0. The number of amides is 2. The maximum Gasteiger partial charge on any atom is 0.254 e. The Morgan fingerprint density at radius 1 is 1.12 bits per heavy atom. The Hall–Kier alpha value is -2.83. The lowest BCUT2D eigenvalue weighted by atomic mass is 10.2. The molecule has 0 radical (unpaired) electrons. The Morgan fingerprint density at radius 2 is 1.92 bits per heavy atom. The van der Waals surface area contributed by atoms with Gasteiger partial charge < -0.3 is 10.6 Å². The first-order valence-electron chi connectivity index (χ1n) is 7.38. The fourth-order valence-electron chi connectivity index (χ4n) is 2.03. The molecule has 1 aromatic carbocycles. The van der Waals surface area contributed by atoms with Gasteiger partial charge in [0.1, 0.15) is 11.6 Å². The zero-order valence-corrected chi connectivity index (χ0v) is 13.1. The van der Waals surface area contributed by atoms with Crippen LogP contribution in [-0.4, -0.2) is 23.3 Å². The summed E-state index contributed by atoms with van der Waals surface area (Å²) in [4.78, 5) is 27.7. The molecular formula is C17H17F2N3O2. The van der Waals surface area contributed by atoms with Crippen molar-refractivity contribution in [2.45, 2.75) is 19.9 Å². The van der Waals surface area contributed by atoms with E-state index in [-0.39, 0.29) is 24.4 Å². The molecule has 0 aliphatic heterocycles. The largest absolute Gasteiger partial charge is 0.351 e. The van der Waals surface area contributed by atoms with Gasteiger partial charge in [-0.05, 0) is 31.2 Å². The van der Waals surface area contributed by atoms with Crippen LogP contribution in [0.4, 0.5) is 8.78 Å². The van der Waals surface area contributed by atoms with Gasteiger partial charge in [-0.2, -0.15) is 0 Å². The molecule has 1 heterocycles. The SMILES string of the molecule is Cc1cccc(CNC(=O)CCNC(=O)c2ccc(F)cc2F)n1. The van der Waals surface area contributed by atoms with Gasteiger partial charge in [0.15, 0.2) is 0 Å². The molecule has 0 unspecified atom stereocenters. The van der Waals surface area contributed by atoms with Crippen LogP contribution in [0.2, 0.25) is 0 Å². The smallest absolute Gasteiger partial charge is 0.254 e. The van der Waals surface area contributed by atoms with Crippen LogP contribution in [0.3, 0.4) is 0 Å². The first-order valence-corrected chi connectivity index (χ1v) is 7.38. The third-order valence-corrected chi connectivity index (χ3v) is 3.23. The maximum absolute atomic E-state index is 13.4. The second-order valence-corrected chi connectivity index (χ2v) is 5.18. The van der Waals surface area contributed by atoms with Crippen molar-refractivity contribution in [3.8, 4) is 0 Å². The van der Waals surface area contributed by atoms with E-state index in [1.54, 1.807) is 6.07 Å². The summed E-state index contributed by atoms with van der Waals surface area (Å²) in [6.45, 7) is 2.19. The number of hydrogen-bond donors (Lipinski definition) is 2. The van der Waals surface area contributed by atoms with Crippen molar-refractivity contribution >= 4 is 11.8 Å². The Labute approximate surface area is 138 Å². The minimum atomic E-state index is -0.942. The van der Waals surface area contributed by atoms with Crippen molar-refractivity contribution in [1.29, 1.82) is 0 Å². The van der Waals surface area contributed by atoms with Crippen molar-refractivity contribution in [2.24, 2.45) is 0 Å². The quantitative estimate of drug-likeness (QED) is 0.850. The second kappa shape index (κ2) is 8.14. The van der Waals surface area contributed by atoms with Gasteiger partial charge >= 0.3 is 0 Å². The lowest BCUT2D eigenvalue weighted by Crippen LogP contribution is -2.31. The third-order valence-electron chi connectivity index (χ3n) is 3.23. The van der Waals surface area contributed by atoms with Crippen LogP contribution in [0.1, 0.15) is 28.2 Å². The van der Waals surface area contributed by atoms with Gasteiger partial charge in [0.25, 0.3) is 5.91 Å². The monoisotopic (exact) mass is 333 g/mol. The van der Waals surface area contributed by atoms with E-state index in [4.69, 9.17) is 0 Å². The highest BCUT2D eigenvalue weighted by Gasteiger charge is 2.12. The van der Waals surface area contributed by atoms with Crippen LogP contribution < -0.4 is 10.6 Å². The van der Waals surface area contributed by atoms with E-state index >= 15 is 0 Å². The van der Waals surface area contributed by atoms with Gasteiger partial charge in [0.05, 0.1) is 17.8 Å². The minimum Gasteiger partial charge on any atom is -0.351 e. The molecule has 0 atom stereocenters. The average molecular weight is 333 g/mol. The number of rotatable bonds is 6. The molecular weight excluding hydrogens is 316 g/mol. The summed E-state index contributed by atoms with van der Waals surface area (Å²) in [6, 6.07) is 8.20. The van der Waals surface area contributed by atoms with Crippen LogP contribution in [0.25, 0.3) is 0 Å². The molecule has 1 aromatic heterocycles. The Bertz CT molecular complexity index is 750. The predicted octanol–water partition coefficient (Wildman–Crippen LogP) is 2.10. The topological polar surface area (TPSA) is 71.1 Å². The standard InChI is InChI=1S/C17H17F2N3O2/c1-11-3-2-4-13(22-11)10-21-16(23)7-8-20-17(24)14-6-5-12(18)9-15(14)19/h2-6,9H,7-8,10H2,1H3,(H,20,24)(H,21,23). The highest BCUT2D eigenvalue weighted by atomic mass is 19.1. The first kappa shape index (κ1) is 17.5. The van der Waals surface area contributed by atoms with Gasteiger partial charge in [0, 0.05) is 24.7 Å². The van der Waals surface area contributed by atoms with Crippen molar-refractivity contribution in [2.75, 3.05) is 6.54 Å². The summed E-state index contributed by atoms with van der Waals surface area (Å²) in [5.41, 5.74) is 1.33. The Kier molecular flexibility index (Phi) is 5.95. The molecule has 5 nitrogen and oxygen atoms in total. The van der Waals surface area contributed by atoms with Crippen LogP contribution in [0.15, 0.2) is 36.4 Å². The minimum absolute atomic E-state index is 0.0420. The molecule has 2 amide bonds. The van der Waals surface area contributed by atoms with E-state index in [1.807, 2.05) is 19.1 Å². The van der Waals surface area contributed by atoms with Crippen LogP contribution in [-0.2, 0) is 11.3 Å². The average Bonchev–Trinajstić information content (AvgIpc) is 2.53. The van der Waals surface area contributed by atoms with Gasteiger partial charge in [-0.1, -0.05) is 6.07 Å². The molecule has 2 N–H and O–H groups in total. The maximum atomic E-state index is 13.4. The van der Waals surface area contributed by atoms with Crippen LogP contribution in [0, 0.1) is 18.6 Å². The molecule has 0 bridgehead atoms. The second-order valence-electron chi connectivity index (χ2n) is 5.18. The number of halogens is 2. The normalized spacial score (nSPS) is 10.3. The van der Waals surface area contributed by atoms with Gasteiger partial charge in [-0.3, -0.25) is 14.6 Å². The zero-order valence-electron chi connectivity index (χ0n) is 13.1. The van der Waals surface area contributed by atoms with Gasteiger partial charge in [-0.25, -0.2) is 8.78 Å². The molecule has 2 aromatic rings. The summed E-state index contributed by atoms with van der Waals surface area (Å²) < 4.78 is 26.2. The Balaban J connectivity index is 1.75. The van der Waals surface area contributed by atoms with Crippen molar-refractivity contribution < 1.29 is 18.4 Å². The molecule has 2 rings (SSSR count). The van der Waals surface area contributed by atoms with Crippen molar-refractivity contribution in [1.82, 2.24) is 15.6 Å². The van der Waals surface area contributed by atoms with E-state index in [0.29, 0.717) is 12.6 Å². The number of aryl methyl sites for hydroxylation is 1. The Morgan fingerprint density at radius 3 is 2.62 bits per heavy atom. The molecule has 126 valence electrons. The molecule has 0 saturated heterocycles. The number of nitrogens with zero attached hydrogens (tertiary/aromatic N) is 1.